The fourth-order valence-corrected chi connectivity index (χ4v) is 4.66. The summed E-state index contributed by atoms with van der Waals surface area (Å²) in [6, 6.07) is 8.43. The number of sulfone groups is 1. The second kappa shape index (κ2) is 5.56. The Morgan fingerprint density at radius 2 is 2.05 bits per heavy atom. The van der Waals surface area contributed by atoms with E-state index in [9.17, 15) is 13.2 Å². The lowest BCUT2D eigenvalue weighted by molar-refractivity contribution is -0.120. The Hall–Kier alpha value is -1.16. The molecule has 3 rings (SSSR count). The Morgan fingerprint density at radius 3 is 2.81 bits per heavy atom. The predicted molar refractivity (Wildman–Crippen MR) is 83.1 cm³/mol. The monoisotopic (exact) mass is 306 g/mol. The maximum Gasteiger partial charge on any atom is 0.150 e. The highest BCUT2D eigenvalue weighted by molar-refractivity contribution is 7.91. The van der Waals surface area contributed by atoms with Crippen LogP contribution >= 0.6 is 0 Å². The summed E-state index contributed by atoms with van der Waals surface area (Å²) in [6.07, 6.45) is 3.07. The van der Waals surface area contributed by atoms with Crippen molar-refractivity contribution in [2.75, 3.05) is 11.5 Å². The largest absolute Gasteiger partial charge is 0.299 e. The van der Waals surface area contributed by atoms with Crippen LogP contribution in [0.3, 0.4) is 0 Å². The maximum atomic E-state index is 12.4. The number of hydrogen-bond acceptors (Lipinski definition) is 3. The van der Waals surface area contributed by atoms with Gasteiger partial charge in [-0.3, -0.25) is 4.79 Å². The number of fused-ring (bicyclic) bond motifs is 3. The standard InChI is InChI=1S/C17H22O3S/c1-2-21(19,20)11-5-8-15(18)17-14-10-9-12-6-3-4-7-13(12)16(14)17/h3-4,6-7,14,16-17H,2,5,8-11H2,1H3. The first-order valence-corrected chi connectivity index (χ1v) is 9.66. The van der Waals surface area contributed by atoms with Gasteiger partial charge >= 0.3 is 0 Å². The Labute approximate surface area is 126 Å². The summed E-state index contributed by atoms with van der Waals surface area (Å²) >= 11 is 0. The van der Waals surface area contributed by atoms with Gasteiger partial charge in [0.15, 0.2) is 0 Å². The number of carbonyl (C=O) groups is 1. The molecular weight excluding hydrogens is 284 g/mol. The molecule has 2 aliphatic rings. The summed E-state index contributed by atoms with van der Waals surface area (Å²) in [5.74, 6) is 1.66. The highest BCUT2D eigenvalue weighted by Gasteiger charge is 2.56. The van der Waals surface area contributed by atoms with Gasteiger partial charge < -0.3 is 0 Å². The van der Waals surface area contributed by atoms with Crippen LogP contribution in [0.2, 0.25) is 0 Å². The van der Waals surface area contributed by atoms with Crippen LogP contribution in [-0.2, 0) is 21.1 Å². The molecule has 3 nitrogen and oxygen atoms in total. The smallest absolute Gasteiger partial charge is 0.150 e. The van der Waals surface area contributed by atoms with Crippen molar-refractivity contribution >= 4 is 15.6 Å². The molecular formula is C17H22O3S. The van der Waals surface area contributed by atoms with Gasteiger partial charge in [0, 0.05) is 18.1 Å². The molecule has 1 aromatic carbocycles. The Kier molecular flexibility index (Phi) is 3.91. The van der Waals surface area contributed by atoms with Gasteiger partial charge in [-0.15, -0.1) is 0 Å². The van der Waals surface area contributed by atoms with Crippen LogP contribution in [0, 0.1) is 11.8 Å². The minimum absolute atomic E-state index is 0.147. The average molecular weight is 306 g/mol. The van der Waals surface area contributed by atoms with Crippen molar-refractivity contribution in [1.82, 2.24) is 0 Å². The number of benzene rings is 1. The fourth-order valence-electron chi connectivity index (χ4n) is 3.78. The average Bonchev–Trinajstić information content (AvgIpc) is 3.22. The van der Waals surface area contributed by atoms with E-state index in [0.29, 0.717) is 24.7 Å². The van der Waals surface area contributed by atoms with Crippen LogP contribution in [0.1, 0.15) is 43.2 Å². The second-order valence-corrected chi connectivity index (χ2v) is 8.73. The second-order valence-electron chi connectivity index (χ2n) is 6.26. The van der Waals surface area contributed by atoms with E-state index in [-0.39, 0.29) is 23.2 Å². The van der Waals surface area contributed by atoms with Crippen molar-refractivity contribution in [1.29, 1.82) is 0 Å². The van der Waals surface area contributed by atoms with Gasteiger partial charge in [0.05, 0.1) is 5.75 Å². The molecule has 0 saturated heterocycles. The first kappa shape index (κ1) is 14.8. The van der Waals surface area contributed by atoms with Gasteiger partial charge in [-0.05, 0) is 42.2 Å². The molecule has 4 heteroatoms. The first-order valence-electron chi connectivity index (χ1n) is 7.84. The van der Waals surface area contributed by atoms with E-state index < -0.39 is 9.84 Å². The molecule has 1 aromatic rings. The topological polar surface area (TPSA) is 51.2 Å². The summed E-state index contributed by atoms with van der Waals surface area (Å²) in [6.45, 7) is 1.66. The van der Waals surface area contributed by atoms with Crippen molar-refractivity contribution < 1.29 is 13.2 Å². The molecule has 2 aliphatic carbocycles. The third-order valence-electron chi connectivity index (χ3n) is 5.02. The lowest BCUT2D eigenvalue weighted by Crippen LogP contribution is -2.11. The Morgan fingerprint density at radius 1 is 1.29 bits per heavy atom. The maximum absolute atomic E-state index is 12.4. The lowest BCUT2D eigenvalue weighted by Gasteiger charge is -2.13. The molecule has 0 radical (unpaired) electrons. The molecule has 114 valence electrons. The van der Waals surface area contributed by atoms with Crippen molar-refractivity contribution in [3.05, 3.63) is 35.4 Å². The zero-order valence-electron chi connectivity index (χ0n) is 12.4. The molecule has 0 N–H and O–H groups in total. The van der Waals surface area contributed by atoms with Gasteiger partial charge in [-0.2, -0.15) is 0 Å². The summed E-state index contributed by atoms with van der Waals surface area (Å²) in [4.78, 5) is 12.4. The van der Waals surface area contributed by atoms with Gasteiger partial charge in [0.2, 0.25) is 0 Å². The molecule has 0 aromatic heterocycles. The van der Waals surface area contributed by atoms with Crippen molar-refractivity contribution in [3.8, 4) is 0 Å². The van der Waals surface area contributed by atoms with Crippen LogP contribution in [0.15, 0.2) is 24.3 Å². The van der Waals surface area contributed by atoms with E-state index in [1.165, 1.54) is 11.1 Å². The number of aryl methyl sites for hydroxylation is 1. The van der Waals surface area contributed by atoms with Gasteiger partial charge in [-0.25, -0.2) is 8.42 Å². The lowest BCUT2D eigenvalue weighted by atomic mass is 9.92. The molecule has 0 aliphatic heterocycles. The molecule has 1 fully saturated rings. The molecule has 0 bridgehead atoms. The highest BCUT2D eigenvalue weighted by atomic mass is 32.2. The summed E-state index contributed by atoms with van der Waals surface area (Å²) in [5.41, 5.74) is 2.75. The molecule has 3 unspecified atom stereocenters. The third-order valence-corrected chi connectivity index (χ3v) is 6.81. The number of ketones is 1. The predicted octanol–water partition coefficient (Wildman–Crippen LogP) is 2.75. The molecule has 0 heterocycles. The third kappa shape index (κ3) is 2.91. The molecule has 0 spiro atoms. The van der Waals surface area contributed by atoms with E-state index >= 15 is 0 Å². The Bertz CT molecular complexity index is 648. The van der Waals surface area contributed by atoms with Gasteiger partial charge in [0.25, 0.3) is 0 Å². The molecule has 0 amide bonds. The fraction of sp³-hybridized carbons (Fsp3) is 0.588. The van der Waals surface area contributed by atoms with Crippen molar-refractivity contribution in [2.24, 2.45) is 11.8 Å². The van der Waals surface area contributed by atoms with Crippen LogP contribution in [0.4, 0.5) is 0 Å². The minimum Gasteiger partial charge on any atom is -0.299 e. The van der Waals surface area contributed by atoms with E-state index in [4.69, 9.17) is 0 Å². The van der Waals surface area contributed by atoms with Gasteiger partial charge in [0.1, 0.15) is 15.6 Å². The van der Waals surface area contributed by atoms with Crippen LogP contribution in [0.5, 0.6) is 0 Å². The summed E-state index contributed by atoms with van der Waals surface area (Å²) in [5, 5.41) is 0. The number of rotatable bonds is 6. The first-order chi connectivity index (χ1) is 10.0. The SMILES string of the molecule is CCS(=O)(=O)CCCC(=O)C1C2CCc3ccccc3C21. The Balaban J connectivity index is 1.59. The van der Waals surface area contributed by atoms with Crippen LogP contribution in [0.25, 0.3) is 0 Å². The van der Waals surface area contributed by atoms with Gasteiger partial charge in [-0.1, -0.05) is 31.2 Å². The van der Waals surface area contributed by atoms with Crippen molar-refractivity contribution in [2.45, 2.75) is 38.5 Å². The van der Waals surface area contributed by atoms with E-state index in [0.717, 1.165) is 12.8 Å². The van der Waals surface area contributed by atoms with E-state index in [1.807, 2.05) is 0 Å². The number of carbonyl (C=O) groups excluding carboxylic acids is 1. The zero-order valence-corrected chi connectivity index (χ0v) is 13.2. The van der Waals surface area contributed by atoms with Crippen LogP contribution in [-0.4, -0.2) is 25.7 Å². The zero-order chi connectivity index (χ0) is 15.0. The quantitative estimate of drug-likeness (QED) is 0.812. The van der Waals surface area contributed by atoms with Crippen molar-refractivity contribution in [3.63, 3.8) is 0 Å². The van der Waals surface area contributed by atoms with Crippen LogP contribution < -0.4 is 0 Å². The number of Topliss-reactive ketones (excluding diaryl/α,β-unsaturated/α-hetero) is 1. The molecule has 1 saturated carbocycles. The summed E-state index contributed by atoms with van der Waals surface area (Å²) in [7, 11) is -2.95. The highest BCUT2D eigenvalue weighted by Crippen LogP contribution is 2.60. The minimum atomic E-state index is -2.95. The van der Waals surface area contributed by atoms with E-state index in [2.05, 4.69) is 24.3 Å². The summed E-state index contributed by atoms with van der Waals surface area (Å²) < 4.78 is 22.9. The number of hydrogen-bond donors (Lipinski definition) is 0. The molecule has 21 heavy (non-hydrogen) atoms. The normalized spacial score (nSPS) is 26.8. The molecule has 3 atom stereocenters. The van der Waals surface area contributed by atoms with E-state index in [1.54, 1.807) is 6.92 Å².